The molecular weight excluding hydrogens is 541 g/mol. The van der Waals surface area contributed by atoms with Gasteiger partial charge in [0.25, 0.3) is 11.5 Å². The minimum absolute atomic E-state index is 0.0343. The Morgan fingerprint density at radius 2 is 1.95 bits per heavy atom. The van der Waals surface area contributed by atoms with E-state index in [0.717, 1.165) is 26.5 Å². The van der Waals surface area contributed by atoms with E-state index in [-0.39, 0.29) is 38.7 Å². The van der Waals surface area contributed by atoms with Crippen LogP contribution in [0.15, 0.2) is 42.6 Å². The van der Waals surface area contributed by atoms with Crippen molar-refractivity contribution in [3.05, 3.63) is 65.6 Å². The lowest BCUT2D eigenvalue weighted by molar-refractivity contribution is -0.274. The molecule has 0 saturated heterocycles. The number of alkyl halides is 3. The van der Waals surface area contributed by atoms with Crippen LogP contribution in [-0.4, -0.2) is 31.1 Å². The fourth-order valence-corrected chi connectivity index (χ4v) is 4.89. The van der Waals surface area contributed by atoms with E-state index in [4.69, 9.17) is 16.0 Å². The lowest BCUT2D eigenvalue weighted by atomic mass is 10.1. The second-order valence-corrected chi connectivity index (χ2v) is 9.11. The minimum atomic E-state index is -4.91. The molecule has 10 nitrogen and oxygen atoms in total. The van der Waals surface area contributed by atoms with Crippen molar-refractivity contribution in [2.45, 2.75) is 26.4 Å². The van der Waals surface area contributed by atoms with Crippen LogP contribution in [0.25, 0.3) is 22.4 Å². The molecule has 196 valence electrons. The summed E-state index contributed by atoms with van der Waals surface area (Å²) in [6, 6.07) is 3.57. The first-order valence-electron chi connectivity index (χ1n) is 10.4. The van der Waals surface area contributed by atoms with Gasteiger partial charge in [-0.05, 0) is 25.1 Å². The number of ether oxygens (including phenoxy) is 1. The number of hydrogen-bond acceptors (Lipinski definition) is 7. The van der Waals surface area contributed by atoms with Crippen molar-refractivity contribution < 1.29 is 32.2 Å². The van der Waals surface area contributed by atoms with Gasteiger partial charge in [0.05, 0.1) is 17.1 Å². The largest absolute Gasteiger partial charge is 0.573 e. The third kappa shape index (κ3) is 4.99. The number of carbonyl (C=O) groups excluding carboxylic acids is 1. The van der Waals surface area contributed by atoms with E-state index in [1.807, 2.05) is 0 Å². The molecule has 0 aliphatic carbocycles. The predicted molar refractivity (Wildman–Crippen MR) is 127 cm³/mol. The molecule has 0 saturated carbocycles. The van der Waals surface area contributed by atoms with Gasteiger partial charge in [-0.1, -0.05) is 11.6 Å². The summed E-state index contributed by atoms with van der Waals surface area (Å²) >= 11 is 6.93. The molecule has 3 heterocycles. The maximum atomic E-state index is 12.9. The molecule has 4 aromatic rings. The van der Waals surface area contributed by atoms with Gasteiger partial charge in [-0.2, -0.15) is 4.99 Å². The maximum absolute atomic E-state index is 12.9. The molecule has 0 spiro atoms. The predicted octanol–water partition coefficient (Wildman–Crippen LogP) is 2.84. The lowest BCUT2D eigenvalue weighted by Gasteiger charge is -2.12. The number of aromatic nitrogens is 3. The second-order valence-electron chi connectivity index (χ2n) is 7.87. The number of aliphatic hydroxyl groups is 1. The first-order chi connectivity index (χ1) is 17.3. The van der Waals surface area contributed by atoms with Crippen LogP contribution in [0, 0.1) is 6.92 Å². The number of nitrogens with zero attached hydrogens (tertiary/aromatic N) is 4. The summed E-state index contributed by atoms with van der Waals surface area (Å²) in [6.45, 7) is 0.958. The van der Waals surface area contributed by atoms with E-state index in [1.165, 1.54) is 30.8 Å². The van der Waals surface area contributed by atoms with Crippen molar-refractivity contribution in [2.24, 2.45) is 19.1 Å². The second kappa shape index (κ2) is 9.68. The van der Waals surface area contributed by atoms with Crippen molar-refractivity contribution >= 4 is 39.9 Å². The summed E-state index contributed by atoms with van der Waals surface area (Å²) in [5.41, 5.74) is -0.196. The molecule has 0 bridgehead atoms. The minimum Gasteiger partial charge on any atom is -0.444 e. The molecule has 0 aliphatic rings. The first-order valence-corrected chi connectivity index (χ1v) is 11.7. The van der Waals surface area contributed by atoms with E-state index in [2.05, 4.69) is 9.73 Å². The fourth-order valence-electron chi connectivity index (χ4n) is 3.75. The summed E-state index contributed by atoms with van der Waals surface area (Å²) < 4.78 is 50.3. The molecule has 0 fully saturated rings. The van der Waals surface area contributed by atoms with Crippen molar-refractivity contribution in [2.75, 3.05) is 0 Å². The van der Waals surface area contributed by atoms with Crippen LogP contribution in [0.4, 0.5) is 13.2 Å². The van der Waals surface area contributed by atoms with E-state index in [0.29, 0.717) is 11.3 Å². The van der Waals surface area contributed by atoms with Gasteiger partial charge < -0.3 is 14.3 Å². The number of benzene rings is 1. The standard InChI is InChI=1S/C22H18ClF3N4O6S/c1-10-12(17-18(33)28(2)21(34)29(3)19(17)35-10)7-16(32)27-20-30(9-31)14(8-37-20)11-4-5-15(13(23)6-11)36-22(24,25)26/h4-6,8,31H,7,9H2,1-3H3. The zero-order valence-electron chi connectivity index (χ0n) is 19.4. The summed E-state index contributed by atoms with van der Waals surface area (Å²) in [5.74, 6) is -0.978. The highest BCUT2D eigenvalue weighted by molar-refractivity contribution is 7.07. The molecular formula is C22H18ClF3N4O6S. The van der Waals surface area contributed by atoms with Gasteiger partial charge in [0.1, 0.15) is 23.6 Å². The monoisotopic (exact) mass is 558 g/mol. The SMILES string of the molecule is Cc1oc2c(c1CC(=O)N=c1scc(-c3ccc(OC(F)(F)F)c(Cl)c3)n1CO)c(=O)n(C)c(=O)n2C. The van der Waals surface area contributed by atoms with Crippen LogP contribution in [0.3, 0.4) is 0 Å². The summed E-state index contributed by atoms with van der Waals surface area (Å²) in [7, 11) is 2.75. The van der Waals surface area contributed by atoms with Crippen molar-refractivity contribution in [1.29, 1.82) is 0 Å². The number of fused-ring (bicyclic) bond motifs is 1. The number of aryl methyl sites for hydroxylation is 2. The molecule has 4 rings (SSSR count). The molecule has 37 heavy (non-hydrogen) atoms. The van der Waals surface area contributed by atoms with Gasteiger partial charge in [0.15, 0.2) is 4.80 Å². The number of halogens is 4. The number of thiazole rings is 1. The van der Waals surface area contributed by atoms with E-state index in [9.17, 15) is 32.7 Å². The summed E-state index contributed by atoms with van der Waals surface area (Å²) in [6.07, 6.45) is -5.23. The van der Waals surface area contributed by atoms with Crippen LogP contribution < -0.4 is 20.8 Å². The highest BCUT2D eigenvalue weighted by Gasteiger charge is 2.32. The number of carbonyl (C=O) groups is 1. The van der Waals surface area contributed by atoms with Crippen LogP contribution in [0.1, 0.15) is 11.3 Å². The van der Waals surface area contributed by atoms with Crippen LogP contribution in [0.2, 0.25) is 5.02 Å². The number of amides is 1. The molecule has 1 aromatic carbocycles. The Kier molecular flexibility index (Phi) is 6.92. The quantitative estimate of drug-likeness (QED) is 0.402. The first kappa shape index (κ1) is 26.4. The fraction of sp³-hybridized carbons (Fsp3) is 0.273. The Morgan fingerprint density at radius 3 is 2.57 bits per heavy atom. The average Bonchev–Trinajstić information content (AvgIpc) is 3.37. The Balaban J connectivity index is 1.71. The highest BCUT2D eigenvalue weighted by atomic mass is 35.5. The van der Waals surface area contributed by atoms with E-state index >= 15 is 0 Å². The summed E-state index contributed by atoms with van der Waals surface area (Å²) in [4.78, 5) is 41.8. The number of furan rings is 1. The van der Waals surface area contributed by atoms with Gasteiger partial charge in [-0.25, -0.2) is 4.79 Å². The number of hydrogen-bond donors (Lipinski definition) is 1. The zero-order chi connectivity index (χ0) is 27.2. The van der Waals surface area contributed by atoms with Gasteiger partial charge in [-0.3, -0.25) is 23.3 Å². The molecule has 15 heteroatoms. The average molecular weight is 559 g/mol. The third-order valence-corrected chi connectivity index (χ3v) is 6.69. The Morgan fingerprint density at radius 1 is 1.24 bits per heavy atom. The van der Waals surface area contributed by atoms with Crippen molar-refractivity contribution in [3.8, 4) is 17.0 Å². The van der Waals surface area contributed by atoms with E-state index < -0.39 is 36.0 Å². The molecule has 0 unspecified atom stereocenters. The third-order valence-electron chi connectivity index (χ3n) is 5.53. The lowest BCUT2D eigenvalue weighted by Crippen LogP contribution is -2.36. The molecule has 0 atom stereocenters. The van der Waals surface area contributed by atoms with Gasteiger partial charge in [0.2, 0.25) is 5.71 Å². The molecule has 1 N–H and O–H groups in total. The van der Waals surface area contributed by atoms with Gasteiger partial charge in [-0.15, -0.1) is 24.5 Å². The zero-order valence-corrected chi connectivity index (χ0v) is 21.0. The maximum Gasteiger partial charge on any atom is 0.573 e. The molecule has 3 aromatic heterocycles. The van der Waals surface area contributed by atoms with Crippen LogP contribution >= 0.6 is 22.9 Å². The number of aliphatic hydroxyl groups excluding tert-OH is 1. The Hall–Kier alpha value is -3.62. The Bertz CT molecular complexity index is 1730. The topological polar surface area (TPSA) is 121 Å². The number of rotatable bonds is 5. The highest BCUT2D eigenvalue weighted by Crippen LogP contribution is 2.34. The van der Waals surface area contributed by atoms with Crippen molar-refractivity contribution in [3.63, 3.8) is 0 Å². The molecule has 0 radical (unpaired) electrons. The van der Waals surface area contributed by atoms with Crippen molar-refractivity contribution in [1.82, 2.24) is 13.7 Å². The van der Waals surface area contributed by atoms with Gasteiger partial charge in [0, 0.05) is 30.6 Å². The van der Waals surface area contributed by atoms with Crippen LogP contribution in [-0.2, 0) is 32.0 Å². The van der Waals surface area contributed by atoms with E-state index in [1.54, 1.807) is 12.3 Å². The van der Waals surface area contributed by atoms with Crippen LogP contribution in [0.5, 0.6) is 5.75 Å². The molecule has 1 amide bonds. The Labute approximate surface area is 214 Å². The normalized spacial score (nSPS) is 12.5. The summed E-state index contributed by atoms with van der Waals surface area (Å²) in [5, 5.41) is 11.2. The molecule has 0 aliphatic heterocycles. The smallest absolute Gasteiger partial charge is 0.444 e. The van der Waals surface area contributed by atoms with Gasteiger partial charge >= 0.3 is 12.1 Å².